The monoisotopic (exact) mass is 489 g/mol. The van der Waals surface area contributed by atoms with Gasteiger partial charge in [0.1, 0.15) is 6.04 Å². The van der Waals surface area contributed by atoms with Crippen LogP contribution in [0.2, 0.25) is 0 Å². The van der Waals surface area contributed by atoms with E-state index in [4.69, 9.17) is 5.11 Å². The van der Waals surface area contributed by atoms with Crippen LogP contribution in [-0.4, -0.2) is 41.9 Å². The van der Waals surface area contributed by atoms with Gasteiger partial charge in [-0.1, -0.05) is 61.5 Å². The van der Waals surface area contributed by atoms with E-state index < -0.39 is 17.9 Å². The van der Waals surface area contributed by atoms with Crippen molar-refractivity contribution in [2.45, 2.75) is 38.8 Å². The maximum absolute atomic E-state index is 12.9. The summed E-state index contributed by atoms with van der Waals surface area (Å²) in [5.41, 5.74) is 2.13. The van der Waals surface area contributed by atoms with Crippen LogP contribution in [0.25, 0.3) is 10.8 Å². The van der Waals surface area contributed by atoms with Crippen molar-refractivity contribution in [2.75, 3.05) is 7.05 Å². The van der Waals surface area contributed by atoms with Gasteiger partial charge in [0.15, 0.2) is 0 Å². The van der Waals surface area contributed by atoms with Crippen molar-refractivity contribution in [1.29, 1.82) is 0 Å². The lowest BCUT2D eigenvalue weighted by Crippen LogP contribution is -2.47. The van der Waals surface area contributed by atoms with Crippen LogP contribution in [0.3, 0.4) is 0 Å². The minimum absolute atomic E-state index is 0.0592. The van der Waals surface area contributed by atoms with E-state index in [0.29, 0.717) is 12.0 Å². The highest BCUT2D eigenvalue weighted by Crippen LogP contribution is 2.17. The average Bonchev–Trinajstić information content (AvgIpc) is 2.89. The minimum Gasteiger partial charge on any atom is -0.481 e. The molecule has 0 fully saturated rings. The second-order valence-electron chi connectivity index (χ2n) is 8.77. The molecule has 3 amide bonds. The Balaban J connectivity index is 1.59. The van der Waals surface area contributed by atoms with Gasteiger partial charge in [-0.2, -0.15) is 0 Å². The van der Waals surface area contributed by atoms with Gasteiger partial charge in [-0.05, 0) is 40.5 Å². The average molecular weight is 490 g/mol. The highest BCUT2D eigenvalue weighted by Gasteiger charge is 2.21. The number of aliphatic carboxylic acids is 1. The summed E-state index contributed by atoms with van der Waals surface area (Å²) in [7, 11) is 1.54. The van der Waals surface area contributed by atoms with Gasteiger partial charge in [-0.3, -0.25) is 19.2 Å². The molecule has 8 heteroatoms. The van der Waals surface area contributed by atoms with E-state index in [2.05, 4.69) is 16.0 Å². The molecule has 3 aromatic carbocycles. The second kappa shape index (κ2) is 12.5. The Labute approximate surface area is 210 Å². The lowest BCUT2D eigenvalue weighted by molar-refractivity contribution is -0.137. The Hall–Kier alpha value is -4.20. The Bertz CT molecular complexity index is 1240. The van der Waals surface area contributed by atoms with Crippen LogP contribution in [-0.2, 0) is 27.3 Å². The van der Waals surface area contributed by atoms with Crippen molar-refractivity contribution < 1.29 is 24.3 Å². The summed E-state index contributed by atoms with van der Waals surface area (Å²) in [6, 6.07) is 19.9. The molecule has 0 spiro atoms. The van der Waals surface area contributed by atoms with E-state index in [1.54, 1.807) is 31.2 Å². The van der Waals surface area contributed by atoms with E-state index in [1.807, 2.05) is 42.5 Å². The fourth-order valence-electron chi connectivity index (χ4n) is 3.83. The first-order chi connectivity index (χ1) is 17.3. The van der Waals surface area contributed by atoms with Crippen LogP contribution < -0.4 is 16.0 Å². The number of carboxylic acid groups (broad SMARTS) is 1. The number of nitrogens with one attached hydrogen (secondary N) is 3. The van der Waals surface area contributed by atoms with Gasteiger partial charge in [-0.25, -0.2) is 0 Å². The minimum atomic E-state index is -0.931. The summed E-state index contributed by atoms with van der Waals surface area (Å²) in [4.78, 5) is 48.2. The molecule has 8 nitrogen and oxygen atoms in total. The molecule has 0 aliphatic heterocycles. The number of carbonyl (C=O) groups excluding carboxylic acids is 3. The molecule has 0 aromatic heterocycles. The van der Waals surface area contributed by atoms with Gasteiger partial charge in [0.05, 0.1) is 0 Å². The molecule has 3 rings (SSSR count). The van der Waals surface area contributed by atoms with Crippen LogP contribution in [0.15, 0.2) is 66.7 Å². The number of carboxylic acids is 1. The van der Waals surface area contributed by atoms with Gasteiger partial charge in [0.2, 0.25) is 11.8 Å². The molecule has 0 aliphatic carbocycles. The zero-order valence-corrected chi connectivity index (χ0v) is 20.4. The third kappa shape index (κ3) is 7.40. The molecule has 2 unspecified atom stereocenters. The SMILES string of the molecule is CNC(=O)C(Cc1ccc2ccccc2c1)NC(=O)c1ccc(CNC(=O)C(C)CCC(=O)O)cc1. The van der Waals surface area contributed by atoms with Crippen molar-refractivity contribution >= 4 is 34.5 Å². The van der Waals surface area contributed by atoms with Crippen LogP contribution in [0.1, 0.15) is 41.3 Å². The maximum Gasteiger partial charge on any atom is 0.303 e. The predicted molar refractivity (Wildman–Crippen MR) is 137 cm³/mol. The van der Waals surface area contributed by atoms with Crippen LogP contribution in [0.4, 0.5) is 0 Å². The molecule has 3 aromatic rings. The molecular weight excluding hydrogens is 458 g/mol. The first-order valence-corrected chi connectivity index (χ1v) is 11.9. The van der Waals surface area contributed by atoms with E-state index >= 15 is 0 Å². The predicted octanol–water partition coefficient (Wildman–Crippen LogP) is 3.04. The van der Waals surface area contributed by atoms with E-state index in [9.17, 15) is 19.2 Å². The highest BCUT2D eigenvalue weighted by atomic mass is 16.4. The van der Waals surface area contributed by atoms with Gasteiger partial charge in [-0.15, -0.1) is 0 Å². The summed E-state index contributed by atoms with van der Waals surface area (Å²) in [6.07, 6.45) is 0.558. The third-order valence-corrected chi connectivity index (χ3v) is 6.04. The molecular formula is C28H31N3O5. The van der Waals surface area contributed by atoms with Gasteiger partial charge in [0.25, 0.3) is 5.91 Å². The maximum atomic E-state index is 12.9. The Morgan fingerprint density at radius 1 is 0.861 bits per heavy atom. The summed E-state index contributed by atoms with van der Waals surface area (Å²) < 4.78 is 0. The molecule has 36 heavy (non-hydrogen) atoms. The first-order valence-electron chi connectivity index (χ1n) is 11.9. The molecule has 188 valence electrons. The first kappa shape index (κ1) is 26.4. The molecule has 0 saturated carbocycles. The third-order valence-electron chi connectivity index (χ3n) is 6.04. The topological polar surface area (TPSA) is 125 Å². The normalized spacial score (nSPS) is 12.4. The van der Waals surface area contributed by atoms with Crippen molar-refractivity contribution in [3.8, 4) is 0 Å². The van der Waals surface area contributed by atoms with E-state index in [-0.39, 0.29) is 37.1 Å². The summed E-state index contributed by atoms with van der Waals surface area (Å²) in [5.74, 6) is -2.22. The van der Waals surface area contributed by atoms with Crippen LogP contribution in [0, 0.1) is 5.92 Å². The second-order valence-corrected chi connectivity index (χ2v) is 8.77. The zero-order valence-electron chi connectivity index (χ0n) is 20.4. The highest BCUT2D eigenvalue weighted by molar-refractivity contribution is 5.97. The summed E-state index contributed by atoms with van der Waals surface area (Å²) in [6.45, 7) is 1.95. The van der Waals surface area contributed by atoms with E-state index in [1.165, 1.54) is 7.05 Å². The summed E-state index contributed by atoms with van der Waals surface area (Å²) in [5, 5.41) is 19.1. The Morgan fingerprint density at radius 3 is 2.19 bits per heavy atom. The number of hydrogen-bond acceptors (Lipinski definition) is 4. The number of carbonyl (C=O) groups is 4. The molecule has 0 heterocycles. The summed E-state index contributed by atoms with van der Waals surface area (Å²) >= 11 is 0. The molecule has 2 atom stereocenters. The quantitative estimate of drug-likeness (QED) is 0.330. The van der Waals surface area contributed by atoms with Crippen LogP contribution in [0.5, 0.6) is 0 Å². The molecule has 0 aliphatic rings. The van der Waals surface area contributed by atoms with Gasteiger partial charge < -0.3 is 21.1 Å². The molecule has 0 bridgehead atoms. The number of likely N-dealkylation sites (N-methyl/N-ethyl adjacent to an activating group) is 1. The Kier molecular flexibility index (Phi) is 9.16. The van der Waals surface area contributed by atoms with Gasteiger partial charge in [0, 0.05) is 37.9 Å². The molecule has 0 radical (unpaired) electrons. The van der Waals surface area contributed by atoms with Crippen molar-refractivity contribution in [2.24, 2.45) is 5.92 Å². The van der Waals surface area contributed by atoms with Crippen molar-refractivity contribution in [3.63, 3.8) is 0 Å². The van der Waals surface area contributed by atoms with Crippen LogP contribution >= 0.6 is 0 Å². The standard InChI is InChI=1S/C28H31N3O5/c1-18(7-14-25(32)33)26(34)30-17-19-8-12-22(13-9-19)27(35)31-24(28(36)29-2)16-20-10-11-21-5-3-4-6-23(21)15-20/h3-6,8-13,15,18,24H,7,14,16-17H2,1-2H3,(H,29,36)(H,30,34)(H,31,35)(H,32,33). The number of rotatable bonds is 11. The zero-order chi connectivity index (χ0) is 26.1. The smallest absolute Gasteiger partial charge is 0.303 e. The van der Waals surface area contributed by atoms with E-state index in [0.717, 1.165) is 21.9 Å². The van der Waals surface area contributed by atoms with Crippen molar-refractivity contribution in [1.82, 2.24) is 16.0 Å². The lowest BCUT2D eigenvalue weighted by atomic mass is 10.0. The number of benzene rings is 3. The largest absolute Gasteiger partial charge is 0.481 e. The number of hydrogen-bond donors (Lipinski definition) is 4. The number of amides is 3. The van der Waals surface area contributed by atoms with Gasteiger partial charge >= 0.3 is 5.97 Å². The Morgan fingerprint density at radius 2 is 1.53 bits per heavy atom. The number of fused-ring (bicyclic) bond motifs is 1. The fourth-order valence-corrected chi connectivity index (χ4v) is 3.83. The molecule has 0 saturated heterocycles. The van der Waals surface area contributed by atoms with Crippen molar-refractivity contribution in [3.05, 3.63) is 83.4 Å². The lowest BCUT2D eigenvalue weighted by Gasteiger charge is -2.18. The fraction of sp³-hybridized carbons (Fsp3) is 0.286. The molecule has 4 N–H and O–H groups in total.